The Morgan fingerprint density at radius 2 is 1.95 bits per heavy atom. The van der Waals surface area contributed by atoms with E-state index in [9.17, 15) is 13.2 Å². The molecule has 1 saturated heterocycles. The van der Waals surface area contributed by atoms with Crippen LogP contribution in [0, 0.1) is 5.92 Å². The van der Waals surface area contributed by atoms with E-state index in [1.54, 1.807) is 0 Å². The fourth-order valence-corrected chi connectivity index (χ4v) is 3.75. The summed E-state index contributed by atoms with van der Waals surface area (Å²) in [5.74, 6) is 0.0587. The molecule has 1 aliphatic rings. The Labute approximate surface area is 128 Å². The monoisotopic (exact) mass is 321 g/mol. The summed E-state index contributed by atoms with van der Waals surface area (Å²) < 4.78 is 31.1. The Morgan fingerprint density at radius 3 is 2.48 bits per heavy atom. The molecule has 7 heteroatoms. The molecular weight excluding hydrogens is 292 g/mol. The number of carbonyl (C=O) groups is 1. The van der Waals surface area contributed by atoms with Gasteiger partial charge < -0.3 is 9.38 Å². The fourth-order valence-electron chi connectivity index (χ4n) is 3.26. The molecule has 1 amide bonds. The van der Waals surface area contributed by atoms with Crippen LogP contribution in [0.5, 0.6) is 0 Å². The number of piperidine rings is 1. The number of likely N-dealkylation sites (tertiary alicyclic amines) is 1. The smallest absolute Gasteiger partial charge is 0.265 e. The van der Waals surface area contributed by atoms with Crippen molar-refractivity contribution in [1.29, 1.82) is 0 Å². The second kappa shape index (κ2) is 7.56. The van der Waals surface area contributed by atoms with Gasteiger partial charge in [0.2, 0.25) is 5.91 Å². The van der Waals surface area contributed by atoms with Crippen molar-refractivity contribution in [3.8, 4) is 0 Å². The van der Waals surface area contributed by atoms with Gasteiger partial charge in [0.1, 0.15) is 0 Å². The lowest BCUT2D eigenvalue weighted by atomic mass is 9.94. The van der Waals surface area contributed by atoms with Gasteiger partial charge in [0.15, 0.2) is 0 Å². The van der Waals surface area contributed by atoms with Gasteiger partial charge in [-0.2, -0.15) is 8.42 Å². The second-order valence-electron chi connectivity index (χ2n) is 6.24. The Kier molecular flexibility index (Phi) is 6.62. The highest BCUT2D eigenvalue weighted by molar-refractivity contribution is 7.85. The van der Waals surface area contributed by atoms with Gasteiger partial charge in [-0.15, -0.1) is 0 Å². The molecule has 0 aromatic heterocycles. The molecule has 1 aliphatic heterocycles. The molecule has 0 aromatic carbocycles. The van der Waals surface area contributed by atoms with Crippen molar-refractivity contribution in [2.45, 2.75) is 33.1 Å². The van der Waals surface area contributed by atoms with E-state index < -0.39 is 10.1 Å². The van der Waals surface area contributed by atoms with Crippen molar-refractivity contribution >= 4 is 16.0 Å². The molecule has 0 aliphatic carbocycles. The van der Waals surface area contributed by atoms with Crippen LogP contribution in [0.2, 0.25) is 0 Å². The number of rotatable bonds is 7. The van der Waals surface area contributed by atoms with Crippen molar-refractivity contribution in [3.05, 3.63) is 0 Å². The number of hydrogen-bond acceptors (Lipinski definition) is 3. The van der Waals surface area contributed by atoms with Gasteiger partial charge >= 0.3 is 0 Å². The molecule has 1 rings (SSSR count). The van der Waals surface area contributed by atoms with E-state index in [0.29, 0.717) is 17.4 Å². The van der Waals surface area contributed by atoms with E-state index in [2.05, 4.69) is 7.05 Å². The minimum Gasteiger partial charge on any atom is -0.343 e. The van der Waals surface area contributed by atoms with E-state index in [4.69, 9.17) is 4.55 Å². The van der Waals surface area contributed by atoms with Crippen LogP contribution in [0.25, 0.3) is 0 Å². The van der Waals surface area contributed by atoms with Crippen molar-refractivity contribution in [2.24, 2.45) is 5.92 Å². The van der Waals surface area contributed by atoms with Gasteiger partial charge in [-0.05, 0) is 26.7 Å². The largest absolute Gasteiger partial charge is 0.343 e. The van der Waals surface area contributed by atoms with Crippen LogP contribution in [0.3, 0.4) is 0 Å². The maximum absolute atomic E-state index is 12.5. The lowest BCUT2D eigenvalue weighted by Crippen LogP contribution is -2.55. The number of hydrogen-bond donors (Lipinski definition) is 1. The third-order valence-corrected chi connectivity index (χ3v) is 5.24. The lowest BCUT2D eigenvalue weighted by Gasteiger charge is -2.42. The molecule has 0 bridgehead atoms. The zero-order valence-electron chi connectivity index (χ0n) is 13.4. The Balaban J connectivity index is 2.59. The van der Waals surface area contributed by atoms with Crippen LogP contribution in [0.1, 0.15) is 33.1 Å². The standard InChI is InChI=1S/C14H28N2O4S/c1-4-15(5-2)14(17)13-8-6-9-16(3,12-13)10-7-11-21(18,19)20/h13H,4-12H2,1-3H3/p+1/t13-,16+/m0/s1. The number of amides is 1. The van der Waals surface area contributed by atoms with Crippen LogP contribution in [-0.4, -0.2) is 73.8 Å². The summed E-state index contributed by atoms with van der Waals surface area (Å²) in [6.07, 6.45) is 2.34. The second-order valence-corrected chi connectivity index (χ2v) is 7.81. The predicted molar refractivity (Wildman–Crippen MR) is 82.5 cm³/mol. The van der Waals surface area contributed by atoms with Crippen LogP contribution in [0.15, 0.2) is 0 Å². The topological polar surface area (TPSA) is 74.7 Å². The Bertz CT molecular complexity index is 448. The molecule has 2 atom stereocenters. The molecule has 1 fully saturated rings. The van der Waals surface area contributed by atoms with Crippen molar-refractivity contribution in [1.82, 2.24) is 4.90 Å². The molecule has 0 unspecified atom stereocenters. The summed E-state index contributed by atoms with van der Waals surface area (Å²) >= 11 is 0. The molecule has 124 valence electrons. The average Bonchev–Trinajstić information content (AvgIpc) is 2.38. The van der Waals surface area contributed by atoms with Crippen LogP contribution in [-0.2, 0) is 14.9 Å². The van der Waals surface area contributed by atoms with Crippen molar-refractivity contribution < 1.29 is 22.2 Å². The SMILES string of the molecule is CCN(CC)C(=O)[C@H]1CCC[N@+](C)(CCCS(=O)(=O)O)C1. The first-order valence-corrected chi connectivity index (χ1v) is 9.39. The molecule has 1 heterocycles. The van der Waals surface area contributed by atoms with Crippen LogP contribution < -0.4 is 0 Å². The molecule has 1 N–H and O–H groups in total. The van der Waals surface area contributed by atoms with Gasteiger partial charge in [-0.3, -0.25) is 9.35 Å². The third kappa shape index (κ3) is 5.92. The lowest BCUT2D eigenvalue weighted by molar-refractivity contribution is -0.916. The van der Waals surface area contributed by atoms with Gasteiger partial charge in [0.05, 0.1) is 38.4 Å². The number of quaternary nitrogens is 1. The van der Waals surface area contributed by atoms with Gasteiger partial charge in [-0.25, -0.2) is 0 Å². The Morgan fingerprint density at radius 1 is 1.33 bits per heavy atom. The maximum Gasteiger partial charge on any atom is 0.265 e. The predicted octanol–water partition coefficient (Wildman–Crippen LogP) is 0.989. The normalized spacial score (nSPS) is 26.6. The first-order chi connectivity index (χ1) is 9.71. The highest BCUT2D eigenvalue weighted by Crippen LogP contribution is 2.24. The average molecular weight is 321 g/mol. The van der Waals surface area contributed by atoms with E-state index in [0.717, 1.165) is 39.0 Å². The molecule has 0 spiro atoms. The zero-order valence-corrected chi connectivity index (χ0v) is 14.2. The first kappa shape index (κ1) is 18.4. The third-order valence-electron chi connectivity index (χ3n) is 4.44. The Hall–Kier alpha value is -0.660. The highest BCUT2D eigenvalue weighted by atomic mass is 32.2. The first-order valence-electron chi connectivity index (χ1n) is 7.78. The molecule has 0 aromatic rings. The van der Waals surface area contributed by atoms with E-state index in [-0.39, 0.29) is 17.6 Å². The number of carbonyl (C=O) groups excluding carboxylic acids is 1. The minimum atomic E-state index is -3.89. The fraction of sp³-hybridized carbons (Fsp3) is 0.929. The molecular formula is C14H29N2O4S+. The van der Waals surface area contributed by atoms with Crippen LogP contribution >= 0.6 is 0 Å². The van der Waals surface area contributed by atoms with Crippen molar-refractivity contribution in [2.75, 3.05) is 45.5 Å². The van der Waals surface area contributed by atoms with Gasteiger partial charge in [0.25, 0.3) is 10.1 Å². The van der Waals surface area contributed by atoms with Crippen LogP contribution in [0.4, 0.5) is 0 Å². The molecule has 0 saturated carbocycles. The summed E-state index contributed by atoms with van der Waals surface area (Å²) in [5, 5.41) is 0. The summed E-state index contributed by atoms with van der Waals surface area (Å²) in [5.41, 5.74) is 0. The molecule has 0 radical (unpaired) electrons. The van der Waals surface area contributed by atoms with Gasteiger partial charge in [0, 0.05) is 19.5 Å². The summed E-state index contributed by atoms with van der Waals surface area (Å²) in [6.45, 7) is 7.86. The summed E-state index contributed by atoms with van der Waals surface area (Å²) in [4.78, 5) is 14.3. The van der Waals surface area contributed by atoms with E-state index >= 15 is 0 Å². The van der Waals surface area contributed by atoms with Gasteiger partial charge in [-0.1, -0.05) is 0 Å². The maximum atomic E-state index is 12.5. The van der Waals surface area contributed by atoms with E-state index in [1.807, 2.05) is 18.7 Å². The molecule has 6 nitrogen and oxygen atoms in total. The molecule has 21 heavy (non-hydrogen) atoms. The van der Waals surface area contributed by atoms with E-state index in [1.165, 1.54) is 0 Å². The summed E-state index contributed by atoms with van der Waals surface area (Å²) in [6, 6.07) is 0. The van der Waals surface area contributed by atoms with Crippen molar-refractivity contribution in [3.63, 3.8) is 0 Å². The summed E-state index contributed by atoms with van der Waals surface area (Å²) in [7, 11) is -1.81. The minimum absolute atomic E-state index is 0.0365. The number of nitrogens with zero attached hydrogens (tertiary/aromatic N) is 2. The highest BCUT2D eigenvalue weighted by Gasteiger charge is 2.36. The zero-order chi connectivity index (χ0) is 16.1. The quantitative estimate of drug-likeness (QED) is 0.560.